The molecule has 100 heavy (non-hydrogen) atoms. The van der Waals surface area contributed by atoms with Gasteiger partial charge in [-0.25, -0.2) is 4.39 Å². The van der Waals surface area contributed by atoms with Crippen LogP contribution in [0.4, 0.5) is 4.39 Å². The van der Waals surface area contributed by atoms with Crippen LogP contribution in [0.5, 0.6) is 0 Å². The number of hydrogen-bond acceptors (Lipinski definition) is 34. The minimum atomic E-state index is -2.27. The second-order valence-electron chi connectivity index (χ2n) is 27.0. The quantitative estimate of drug-likeness (QED) is 0.0411. The van der Waals surface area contributed by atoms with Gasteiger partial charge in [-0.15, -0.1) is 0 Å². The van der Waals surface area contributed by atoms with Crippen LogP contribution in [-0.2, 0) is 123 Å². The smallest absolute Gasteiger partial charge is 0.303 e. The predicted molar refractivity (Wildman–Crippen MR) is 336 cm³/mol. The molecule has 578 valence electrons. The van der Waals surface area contributed by atoms with Crippen molar-refractivity contribution < 1.29 is 169 Å². The molecule has 6 fully saturated rings. The lowest BCUT2D eigenvalue weighted by Crippen LogP contribution is -2.63. The molecule has 0 amide bonds. The second-order valence-corrected chi connectivity index (χ2v) is 31.9. The summed E-state index contributed by atoms with van der Waals surface area (Å²) in [5.41, 5.74) is 0. The van der Waals surface area contributed by atoms with Crippen LogP contribution in [0.2, 0.25) is 18.1 Å². The van der Waals surface area contributed by atoms with Crippen molar-refractivity contribution in [2.24, 2.45) is 23.7 Å². The lowest BCUT2D eigenvalue weighted by molar-refractivity contribution is -0.375. The van der Waals surface area contributed by atoms with E-state index in [-0.39, 0.29) is 29.6 Å². The molecule has 6 saturated heterocycles. The summed E-state index contributed by atoms with van der Waals surface area (Å²) in [6.45, 7) is 28.8. The van der Waals surface area contributed by atoms with Gasteiger partial charge in [0, 0.05) is 79.1 Å². The fourth-order valence-electron chi connectivity index (χ4n) is 11.9. The Kier molecular flexibility index (Phi) is 34.0. The van der Waals surface area contributed by atoms with Crippen LogP contribution in [-0.4, -0.2) is 283 Å². The van der Waals surface area contributed by atoms with E-state index in [0.717, 1.165) is 0 Å². The van der Waals surface area contributed by atoms with E-state index >= 15 is 0 Å². The highest BCUT2D eigenvalue weighted by atomic mass is 28.4. The van der Waals surface area contributed by atoms with E-state index in [0.29, 0.717) is 12.8 Å². The standard InChI is InChI=1S/C29H50O12Si.C23H36O12.C12H21FO10/c1-13-21-15(2)23(35-17(4)30)26(38-20(7)33)28(39-21)41-27-16(3)24(36-18(5)31)25(37-19(6)32)22(40-27)14-34-42(11,12)29(8,9)10;1-8-16-10(2)18(29-12(4)25)21(32-15(7)28)23(33-16)35-22-11(3)19(30-13(5)26)20(31-14(6)27)17(9-24)34-22;13-1-3-5(15)7(17)9(19)11(21-3)23-12-10(20)8(18)6(16)4(2-14)22-12/h15-16,21-28H,13-14H2,1-12H3;10-11,16-24H,8-9H2,1-7H3;3-12,14-20H,1-2H2/t15-,16?,21?,22?,23+,24?,25-,26?,27-,28-;10-,11?,16?,17?,18+,19?,20-,21?,22-,23-;3?,4?,5-,6-,7?,8+,9?,10?,11-,12-/m111/s1. The molecule has 36 heteroatoms. The highest BCUT2D eigenvalue weighted by molar-refractivity contribution is 6.74. The lowest BCUT2D eigenvalue weighted by Gasteiger charge is -2.48. The number of ether oxygens (including phenoxy) is 17. The molecule has 0 aromatic heterocycles. The summed E-state index contributed by atoms with van der Waals surface area (Å²) in [6.07, 6.45) is -30.4. The van der Waals surface area contributed by atoms with Gasteiger partial charge in [0.1, 0.15) is 92.1 Å². The van der Waals surface area contributed by atoms with Crippen molar-refractivity contribution in [3.05, 3.63) is 0 Å². The summed E-state index contributed by atoms with van der Waals surface area (Å²) in [5, 5.41) is 76.9. The molecule has 0 radical (unpaired) electrons. The Morgan fingerprint density at radius 3 is 0.950 bits per heavy atom. The van der Waals surface area contributed by atoms with Crippen LogP contribution < -0.4 is 0 Å². The van der Waals surface area contributed by atoms with Crippen LogP contribution in [0.15, 0.2) is 0 Å². The van der Waals surface area contributed by atoms with Gasteiger partial charge in [-0.3, -0.25) is 38.4 Å². The highest BCUT2D eigenvalue weighted by Crippen LogP contribution is 2.42. The minimum Gasteiger partial charge on any atom is -0.458 e. The van der Waals surface area contributed by atoms with E-state index in [1.54, 1.807) is 13.8 Å². The van der Waals surface area contributed by atoms with Crippen molar-refractivity contribution in [1.82, 2.24) is 0 Å². The molecule has 8 N–H and O–H groups in total. The molecule has 0 aromatic carbocycles. The molecule has 0 bridgehead atoms. The third-order valence-corrected chi connectivity index (χ3v) is 22.7. The Bertz CT molecular complexity index is 2610. The maximum absolute atomic E-state index is 12.8. The van der Waals surface area contributed by atoms with Gasteiger partial charge >= 0.3 is 47.8 Å². The van der Waals surface area contributed by atoms with Gasteiger partial charge in [0.25, 0.3) is 0 Å². The first kappa shape index (κ1) is 87.6. The van der Waals surface area contributed by atoms with Gasteiger partial charge < -0.3 is 126 Å². The summed E-state index contributed by atoms with van der Waals surface area (Å²) < 4.78 is 115. The average molecular weight is 1470 g/mol. The normalized spacial score (nSPS) is 39.1. The van der Waals surface area contributed by atoms with Gasteiger partial charge in [0.05, 0.1) is 32.0 Å². The third kappa shape index (κ3) is 23.3. The third-order valence-electron chi connectivity index (χ3n) is 18.2. The molecule has 6 aliphatic heterocycles. The van der Waals surface area contributed by atoms with Crippen molar-refractivity contribution in [2.45, 2.75) is 308 Å². The maximum atomic E-state index is 12.8. The second kappa shape index (κ2) is 38.8. The van der Waals surface area contributed by atoms with E-state index in [1.165, 1.54) is 55.4 Å². The molecule has 15 unspecified atom stereocenters. The lowest BCUT2D eigenvalue weighted by atomic mass is 9.88. The van der Waals surface area contributed by atoms with Crippen molar-refractivity contribution in [1.29, 1.82) is 0 Å². The molecule has 34 nitrogen and oxygen atoms in total. The maximum Gasteiger partial charge on any atom is 0.303 e. The van der Waals surface area contributed by atoms with E-state index in [9.17, 15) is 78.5 Å². The Morgan fingerprint density at radius 1 is 0.360 bits per heavy atom. The Hall–Kier alpha value is -4.81. The first-order valence-electron chi connectivity index (χ1n) is 33.3. The topological polar surface area (TPSA) is 465 Å². The van der Waals surface area contributed by atoms with E-state index < -0.39 is 242 Å². The number of esters is 8. The number of aliphatic hydroxyl groups is 8. The summed E-state index contributed by atoms with van der Waals surface area (Å²) in [4.78, 5) is 95.5. The van der Waals surface area contributed by atoms with Crippen molar-refractivity contribution >= 4 is 56.1 Å². The van der Waals surface area contributed by atoms with Gasteiger partial charge in [0.2, 0.25) is 12.6 Å². The van der Waals surface area contributed by atoms with E-state index in [4.69, 9.17) is 90.1 Å². The highest BCUT2D eigenvalue weighted by Gasteiger charge is 2.57. The minimum absolute atomic E-state index is 0.0440. The fourth-order valence-corrected chi connectivity index (χ4v) is 12.9. The van der Waals surface area contributed by atoms with Gasteiger partial charge in [0.15, 0.2) is 57.9 Å². The van der Waals surface area contributed by atoms with Gasteiger partial charge in [-0.1, -0.05) is 62.3 Å². The fraction of sp³-hybridized carbons (Fsp3) is 0.875. The van der Waals surface area contributed by atoms with Crippen LogP contribution in [0, 0.1) is 23.7 Å². The molecule has 0 spiro atoms. The number of hydrogen-bond donors (Lipinski definition) is 8. The Balaban J connectivity index is 0.000000331. The van der Waals surface area contributed by atoms with E-state index in [1.807, 2.05) is 27.7 Å². The number of carbonyl (C=O) groups excluding carboxylic acids is 8. The van der Waals surface area contributed by atoms with Gasteiger partial charge in [-0.2, -0.15) is 0 Å². The molecule has 6 aliphatic rings. The zero-order chi connectivity index (χ0) is 75.9. The molecular formula is C64H107FO34Si. The van der Waals surface area contributed by atoms with Crippen LogP contribution in [0.25, 0.3) is 0 Å². The van der Waals surface area contributed by atoms with Crippen molar-refractivity contribution in [2.75, 3.05) is 26.5 Å². The molecule has 0 saturated carbocycles. The number of rotatable bonds is 22. The zero-order valence-corrected chi connectivity index (χ0v) is 61.1. The summed E-state index contributed by atoms with van der Waals surface area (Å²) >= 11 is 0. The molecule has 6 heterocycles. The first-order chi connectivity index (χ1) is 46.5. The molecule has 0 aliphatic carbocycles. The molecule has 30 atom stereocenters. The molecular weight excluding hydrogens is 1360 g/mol. The predicted octanol–water partition coefficient (Wildman–Crippen LogP) is 0.318. The van der Waals surface area contributed by atoms with Crippen molar-refractivity contribution in [3.8, 4) is 0 Å². The Labute approximate surface area is 581 Å². The van der Waals surface area contributed by atoms with Crippen LogP contribution >= 0.6 is 0 Å². The number of halogens is 1. The summed E-state index contributed by atoms with van der Waals surface area (Å²) in [7, 11) is -2.27. The van der Waals surface area contributed by atoms with Crippen molar-refractivity contribution in [3.63, 3.8) is 0 Å². The molecule has 0 aromatic rings. The largest absolute Gasteiger partial charge is 0.458 e. The number of carbonyl (C=O) groups is 8. The zero-order valence-electron chi connectivity index (χ0n) is 60.1. The van der Waals surface area contributed by atoms with Crippen LogP contribution in [0.1, 0.15) is 131 Å². The summed E-state index contributed by atoms with van der Waals surface area (Å²) in [5.74, 6) is -6.73. The van der Waals surface area contributed by atoms with E-state index in [2.05, 4.69) is 33.9 Å². The van der Waals surface area contributed by atoms with Gasteiger partial charge in [-0.05, 0) is 31.0 Å². The number of alkyl halides is 1. The van der Waals surface area contributed by atoms with Crippen LogP contribution in [0.3, 0.4) is 0 Å². The monoisotopic (exact) mass is 1470 g/mol. The summed E-state index contributed by atoms with van der Waals surface area (Å²) in [6, 6.07) is 0. The SMILES string of the molecule is CCC1O[C@H](O[C@H]2OC(CO)[C@@H](OC(C)=O)C(OC(C)=O)C2C)C(OC(C)=O)[C@@H](OC(C)=O)[C@@H]1C.CCC1O[C@H](O[C@H]2OC(CO[Si](C)(C)C(C)(C)C)[C@@H](OC(C)=O)C(OC(C)=O)C2C)C(OC(C)=O)[C@@H](OC(C)=O)[C@@H]1C.OCC1O[C@H](O[C@H]2OC(CF)[C@@H](O)C(O)C2O)C(O)[C@@H](O)[C@@H]1O. The average Bonchev–Trinajstić information content (AvgIpc) is 0.782. The number of aliphatic hydroxyl groups excluding tert-OH is 8. The molecule has 6 rings (SSSR count). The Morgan fingerprint density at radius 2 is 0.630 bits per heavy atom. The first-order valence-corrected chi connectivity index (χ1v) is 36.2.